The Morgan fingerprint density at radius 3 is 2.60 bits per heavy atom. The van der Waals surface area contributed by atoms with Gasteiger partial charge in [-0.05, 0) is 31.2 Å². The molecule has 1 saturated heterocycles. The first-order valence-electron chi connectivity index (χ1n) is 6.66. The van der Waals surface area contributed by atoms with Gasteiger partial charge in [0.15, 0.2) is 0 Å². The Hall–Kier alpha value is -1.69. The number of hydrogen-bond acceptors (Lipinski definition) is 3. The van der Waals surface area contributed by atoms with Crippen molar-refractivity contribution in [1.82, 2.24) is 10.6 Å². The molecule has 4 nitrogen and oxygen atoms in total. The van der Waals surface area contributed by atoms with Gasteiger partial charge in [0.05, 0.1) is 0 Å². The first-order valence-corrected chi connectivity index (χ1v) is 6.66. The van der Waals surface area contributed by atoms with Crippen LogP contribution in [-0.2, 0) is 11.3 Å². The van der Waals surface area contributed by atoms with E-state index in [1.807, 2.05) is 0 Å². The highest BCUT2D eigenvalue weighted by atomic mass is 19.1. The maximum Gasteiger partial charge on any atom is 0.217 e. The smallest absolute Gasteiger partial charge is 0.217 e. The van der Waals surface area contributed by atoms with Crippen molar-refractivity contribution in [2.75, 3.05) is 25.0 Å². The summed E-state index contributed by atoms with van der Waals surface area (Å²) in [5.74, 6) is -1.24. The van der Waals surface area contributed by atoms with Gasteiger partial charge in [0, 0.05) is 32.6 Å². The minimum Gasteiger partial charge on any atom is -0.365 e. The molecule has 1 unspecified atom stereocenters. The van der Waals surface area contributed by atoms with E-state index in [9.17, 15) is 13.6 Å². The summed E-state index contributed by atoms with van der Waals surface area (Å²) in [5, 5.41) is 5.64. The van der Waals surface area contributed by atoms with Crippen molar-refractivity contribution in [3.63, 3.8) is 0 Å². The highest BCUT2D eigenvalue weighted by Gasteiger charge is 2.27. The van der Waals surface area contributed by atoms with Crippen LogP contribution in [0.5, 0.6) is 0 Å². The standard InChI is InChI=1S/C14H19F2N3O/c1-9(20)18-11-3-4-19(8-11)14-12(15)5-10(7-17-2)6-13(14)16/h5-6,11,17H,3-4,7-8H2,1-2H3,(H,18,20). The second-order valence-corrected chi connectivity index (χ2v) is 5.07. The highest BCUT2D eigenvalue weighted by molar-refractivity contribution is 5.73. The normalized spacial score (nSPS) is 18.4. The molecule has 0 bridgehead atoms. The molecule has 1 fully saturated rings. The largest absolute Gasteiger partial charge is 0.365 e. The predicted molar refractivity (Wildman–Crippen MR) is 73.6 cm³/mol. The number of carbonyl (C=O) groups excluding carboxylic acids is 1. The molecule has 1 atom stereocenters. The Labute approximate surface area is 117 Å². The van der Waals surface area contributed by atoms with Gasteiger partial charge in [0.2, 0.25) is 5.91 Å². The van der Waals surface area contributed by atoms with Gasteiger partial charge in [0.1, 0.15) is 17.3 Å². The lowest BCUT2D eigenvalue weighted by atomic mass is 10.1. The van der Waals surface area contributed by atoms with E-state index in [1.54, 1.807) is 11.9 Å². The zero-order chi connectivity index (χ0) is 14.7. The number of benzene rings is 1. The van der Waals surface area contributed by atoms with Gasteiger partial charge in [0.25, 0.3) is 0 Å². The van der Waals surface area contributed by atoms with Crippen LogP contribution in [-0.4, -0.2) is 32.1 Å². The van der Waals surface area contributed by atoms with Gasteiger partial charge in [-0.15, -0.1) is 0 Å². The molecule has 0 saturated carbocycles. The Bertz CT molecular complexity index is 484. The first-order chi connectivity index (χ1) is 9.51. The molecule has 0 aliphatic carbocycles. The van der Waals surface area contributed by atoms with E-state index in [2.05, 4.69) is 10.6 Å². The fraction of sp³-hybridized carbons (Fsp3) is 0.500. The highest BCUT2D eigenvalue weighted by Crippen LogP contribution is 2.28. The van der Waals surface area contributed by atoms with Crippen molar-refractivity contribution < 1.29 is 13.6 Å². The summed E-state index contributed by atoms with van der Waals surface area (Å²) >= 11 is 0. The fourth-order valence-corrected chi connectivity index (χ4v) is 2.59. The van der Waals surface area contributed by atoms with Crippen molar-refractivity contribution in [3.05, 3.63) is 29.3 Å². The average molecular weight is 283 g/mol. The average Bonchev–Trinajstić information content (AvgIpc) is 2.75. The van der Waals surface area contributed by atoms with Crippen LogP contribution in [0.4, 0.5) is 14.5 Å². The molecule has 0 radical (unpaired) electrons. The van der Waals surface area contributed by atoms with Crippen LogP contribution in [0.25, 0.3) is 0 Å². The lowest BCUT2D eigenvalue weighted by Crippen LogP contribution is -2.35. The van der Waals surface area contributed by atoms with E-state index in [-0.39, 0.29) is 17.6 Å². The second-order valence-electron chi connectivity index (χ2n) is 5.07. The Morgan fingerprint density at radius 2 is 2.05 bits per heavy atom. The summed E-state index contributed by atoms with van der Waals surface area (Å²) in [6.45, 7) is 2.82. The number of nitrogens with zero attached hydrogens (tertiary/aromatic N) is 1. The third kappa shape index (κ3) is 3.25. The predicted octanol–water partition coefficient (Wildman–Crippen LogP) is 1.40. The van der Waals surface area contributed by atoms with Gasteiger partial charge >= 0.3 is 0 Å². The van der Waals surface area contributed by atoms with Gasteiger partial charge in [-0.3, -0.25) is 4.79 Å². The van der Waals surface area contributed by atoms with Crippen LogP contribution in [0.1, 0.15) is 18.9 Å². The van der Waals surface area contributed by atoms with Gasteiger partial charge < -0.3 is 15.5 Å². The first kappa shape index (κ1) is 14.7. The van der Waals surface area contributed by atoms with E-state index in [4.69, 9.17) is 0 Å². The van der Waals surface area contributed by atoms with Crippen LogP contribution in [0.3, 0.4) is 0 Å². The second kappa shape index (κ2) is 6.17. The van der Waals surface area contributed by atoms with Crippen molar-refractivity contribution in [1.29, 1.82) is 0 Å². The molecule has 2 rings (SSSR count). The maximum atomic E-state index is 14.1. The van der Waals surface area contributed by atoms with Crippen LogP contribution in [0.2, 0.25) is 0 Å². The third-order valence-corrected chi connectivity index (χ3v) is 3.37. The van der Waals surface area contributed by atoms with E-state index in [1.165, 1.54) is 19.1 Å². The molecule has 20 heavy (non-hydrogen) atoms. The Morgan fingerprint density at radius 1 is 1.40 bits per heavy atom. The van der Waals surface area contributed by atoms with Crippen molar-refractivity contribution in [3.8, 4) is 0 Å². The van der Waals surface area contributed by atoms with E-state index < -0.39 is 11.6 Å². The van der Waals surface area contributed by atoms with Gasteiger partial charge in [-0.2, -0.15) is 0 Å². The number of carbonyl (C=O) groups is 1. The lowest BCUT2D eigenvalue weighted by Gasteiger charge is -2.21. The molecule has 2 N–H and O–H groups in total. The summed E-state index contributed by atoms with van der Waals surface area (Å²) in [5.41, 5.74) is 0.571. The summed E-state index contributed by atoms with van der Waals surface area (Å²) in [4.78, 5) is 12.7. The molecule has 110 valence electrons. The lowest BCUT2D eigenvalue weighted by molar-refractivity contribution is -0.119. The third-order valence-electron chi connectivity index (χ3n) is 3.37. The molecule has 1 aliphatic rings. The van der Waals surface area contributed by atoms with Crippen LogP contribution < -0.4 is 15.5 Å². The molecule has 0 aromatic heterocycles. The van der Waals surface area contributed by atoms with Gasteiger partial charge in [-0.25, -0.2) is 8.78 Å². The van der Waals surface area contributed by atoms with E-state index in [0.717, 1.165) is 0 Å². The summed E-state index contributed by atoms with van der Waals surface area (Å²) in [6.07, 6.45) is 0.691. The molecular formula is C14H19F2N3O. The number of amides is 1. The fourth-order valence-electron chi connectivity index (χ4n) is 2.59. The monoisotopic (exact) mass is 283 g/mol. The summed E-state index contributed by atoms with van der Waals surface area (Å²) in [7, 11) is 1.72. The van der Waals surface area contributed by atoms with Crippen LogP contribution in [0, 0.1) is 11.6 Å². The van der Waals surface area contributed by atoms with E-state index >= 15 is 0 Å². The number of nitrogens with one attached hydrogen (secondary N) is 2. The molecule has 1 aliphatic heterocycles. The van der Waals surface area contributed by atoms with E-state index in [0.29, 0.717) is 31.6 Å². The van der Waals surface area contributed by atoms with Crippen LogP contribution >= 0.6 is 0 Å². The minimum atomic E-state index is -0.557. The topological polar surface area (TPSA) is 44.4 Å². The molecular weight excluding hydrogens is 264 g/mol. The Balaban J connectivity index is 2.15. The number of hydrogen-bond donors (Lipinski definition) is 2. The number of anilines is 1. The molecule has 1 aromatic rings. The summed E-state index contributed by atoms with van der Waals surface area (Å²) in [6, 6.07) is 2.64. The molecule has 1 heterocycles. The number of rotatable bonds is 4. The summed E-state index contributed by atoms with van der Waals surface area (Å²) < 4.78 is 28.2. The van der Waals surface area contributed by atoms with Crippen LogP contribution in [0.15, 0.2) is 12.1 Å². The minimum absolute atomic E-state index is 0.00212. The zero-order valence-corrected chi connectivity index (χ0v) is 11.7. The van der Waals surface area contributed by atoms with Crippen molar-refractivity contribution in [2.45, 2.75) is 25.9 Å². The quantitative estimate of drug-likeness (QED) is 0.878. The van der Waals surface area contributed by atoms with Crippen molar-refractivity contribution >= 4 is 11.6 Å². The van der Waals surface area contributed by atoms with Gasteiger partial charge in [-0.1, -0.05) is 0 Å². The Kier molecular flexibility index (Phi) is 4.54. The molecule has 1 aromatic carbocycles. The SMILES string of the molecule is CNCc1cc(F)c(N2CCC(NC(C)=O)C2)c(F)c1. The maximum absolute atomic E-state index is 14.1. The molecule has 0 spiro atoms. The molecule has 1 amide bonds. The zero-order valence-electron chi connectivity index (χ0n) is 11.7. The number of halogens is 2. The van der Waals surface area contributed by atoms with Crippen molar-refractivity contribution in [2.24, 2.45) is 0 Å². The molecule has 6 heteroatoms.